The fourth-order valence-corrected chi connectivity index (χ4v) is 3.30. The van der Waals surface area contributed by atoms with Gasteiger partial charge in [0.15, 0.2) is 5.76 Å². The largest absolute Gasteiger partial charge is 0.467 e. The maximum absolute atomic E-state index is 5.94. The molecule has 0 saturated carbocycles. The number of hydrogen-bond acceptors (Lipinski definition) is 7. The molecule has 0 aliphatic heterocycles. The second-order valence-corrected chi connectivity index (χ2v) is 6.90. The Hall–Kier alpha value is -2.58. The predicted molar refractivity (Wildman–Crippen MR) is 96.9 cm³/mol. The lowest BCUT2D eigenvalue weighted by Gasteiger charge is -2.01. The molecule has 0 bridgehead atoms. The van der Waals surface area contributed by atoms with Crippen molar-refractivity contribution >= 4 is 23.4 Å². The third-order valence-electron chi connectivity index (χ3n) is 3.66. The van der Waals surface area contributed by atoms with Gasteiger partial charge in [0.1, 0.15) is 12.3 Å². The van der Waals surface area contributed by atoms with Crippen molar-refractivity contribution in [3.8, 4) is 11.3 Å². The monoisotopic (exact) mass is 387 g/mol. The summed E-state index contributed by atoms with van der Waals surface area (Å²) in [5.74, 6) is 2.67. The smallest absolute Gasteiger partial charge is 0.210 e. The van der Waals surface area contributed by atoms with Gasteiger partial charge in [-0.15, -0.1) is 5.10 Å². The lowest BCUT2D eigenvalue weighted by atomic mass is 10.1. The standard InChI is InChI=1S/C17H14ClN5O2S/c1-11-16(12-4-6-13(18)7-5-12)25-15(19-11)10-26-17-20-21-22-23(17)9-14-3-2-8-24-14/h2-8H,9-10H2,1H3. The maximum atomic E-state index is 5.94. The van der Waals surface area contributed by atoms with Gasteiger partial charge in [-0.2, -0.15) is 0 Å². The molecule has 0 saturated heterocycles. The topological polar surface area (TPSA) is 82.8 Å². The molecule has 4 aromatic rings. The molecule has 0 aliphatic carbocycles. The number of halogens is 1. The molecular formula is C17H14ClN5O2S. The maximum Gasteiger partial charge on any atom is 0.210 e. The number of thioether (sulfide) groups is 1. The van der Waals surface area contributed by atoms with E-state index in [4.69, 9.17) is 20.4 Å². The van der Waals surface area contributed by atoms with Gasteiger partial charge >= 0.3 is 0 Å². The van der Waals surface area contributed by atoms with Crippen molar-refractivity contribution in [2.24, 2.45) is 0 Å². The third-order valence-corrected chi connectivity index (χ3v) is 4.85. The molecule has 4 rings (SSSR count). The van der Waals surface area contributed by atoms with E-state index in [2.05, 4.69) is 20.5 Å². The molecule has 3 aromatic heterocycles. The van der Waals surface area contributed by atoms with Crippen LogP contribution >= 0.6 is 23.4 Å². The molecule has 3 heterocycles. The molecule has 0 amide bonds. The van der Waals surface area contributed by atoms with Crippen molar-refractivity contribution in [1.82, 2.24) is 25.2 Å². The van der Waals surface area contributed by atoms with Crippen LogP contribution in [-0.2, 0) is 12.3 Å². The number of oxazole rings is 1. The highest BCUT2D eigenvalue weighted by Gasteiger charge is 2.14. The Labute approximate surface area is 158 Å². The first-order valence-corrected chi connectivity index (χ1v) is 9.19. The summed E-state index contributed by atoms with van der Waals surface area (Å²) in [6, 6.07) is 11.2. The predicted octanol–water partition coefficient (Wildman–Crippen LogP) is 4.22. The Bertz CT molecular complexity index is 995. The van der Waals surface area contributed by atoms with Gasteiger partial charge in [0.05, 0.1) is 17.7 Å². The van der Waals surface area contributed by atoms with Gasteiger partial charge in [0.25, 0.3) is 0 Å². The summed E-state index contributed by atoms with van der Waals surface area (Å²) < 4.78 is 12.9. The van der Waals surface area contributed by atoms with Gasteiger partial charge < -0.3 is 8.83 Å². The summed E-state index contributed by atoms with van der Waals surface area (Å²) >= 11 is 7.40. The molecule has 7 nitrogen and oxygen atoms in total. The first-order valence-electron chi connectivity index (χ1n) is 7.82. The molecule has 0 atom stereocenters. The van der Waals surface area contributed by atoms with E-state index in [-0.39, 0.29) is 0 Å². The van der Waals surface area contributed by atoms with Gasteiger partial charge in [-0.05, 0) is 53.7 Å². The zero-order chi connectivity index (χ0) is 17.9. The molecule has 0 unspecified atom stereocenters. The van der Waals surface area contributed by atoms with Crippen LogP contribution in [0.4, 0.5) is 0 Å². The van der Waals surface area contributed by atoms with Crippen molar-refractivity contribution in [2.45, 2.75) is 24.4 Å². The van der Waals surface area contributed by atoms with Gasteiger partial charge in [0, 0.05) is 10.6 Å². The highest BCUT2D eigenvalue weighted by molar-refractivity contribution is 7.98. The van der Waals surface area contributed by atoms with E-state index in [0.717, 1.165) is 22.8 Å². The zero-order valence-electron chi connectivity index (χ0n) is 13.8. The number of furan rings is 1. The van der Waals surface area contributed by atoms with E-state index in [1.54, 1.807) is 10.9 Å². The minimum absolute atomic E-state index is 0.475. The molecule has 0 spiro atoms. The van der Waals surface area contributed by atoms with Crippen LogP contribution in [0.2, 0.25) is 5.02 Å². The third kappa shape index (κ3) is 3.66. The van der Waals surface area contributed by atoms with Crippen LogP contribution in [0.25, 0.3) is 11.3 Å². The molecule has 1 aromatic carbocycles. The summed E-state index contributed by atoms with van der Waals surface area (Å²) in [6.07, 6.45) is 1.63. The number of hydrogen-bond donors (Lipinski definition) is 0. The van der Waals surface area contributed by atoms with E-state index in [9.17, 15) is 0 Å². The molecule has 0 aliphatic rings. The molecule has 0 N–H and O–H groups in total. The average molecular weight is 388 g/mol. The highest BCUT2D eigenvalue weighted by atomic mass is 35.5. The van der Waals surface area contributed by atoms with E-state index >= 15 is 0 Å². The Kier molecular flexibility index (Phi) is 4.77. The van der Waals surface area contributed by atoms with Gasteiger partial charge in [-0.1, -0.05) is 23.4 Å². The van der Waals surface area contributed by atoms with Gasteiger partial charge in [0.2, 0.25) is 11.0 Å². The number of aryl methyl sites for hydroxylation is 1. The van der Waals surface area contributed by atoms with E-state index in [1.807, 2.05) is 43.3 Å². The Morgan fingerprint density at radius 2 is 2.04 bits per heavy atom. The summed E-state index contributed by atoms with van der Waals surface area (Å²) in [7, 11) is 0. The quantitative estimate of drug-likeness (QED) is 0.458. The number of nitrogens with zero attached hydrogens (tertiary/aromatic N) is 5. The number of tetrazole rings is 1. The van der Waals surface area contributed by atoms with Crippen LogP contribution in [0, 0.1) is 6.92 Å². The van der Waals surface area contributed by atoms with Crippen molar-refractivity contribution in [3.05, 3.63) is 65.0 Å². The van der Waals surface area contributed by atoms with Gasteiger partial charge in [-0.3, -0.25) is 0 Å². The van der Waals surface area contributed by atoms with Gasteiger partial charge in [-0.25, -0.2) is 9.67 Å². The van der Waals surface area contributed by atoms with Crippen LogP contribution in [0.5, 0.6) is 0 Å². The summed E-state index contributed by atoms with van der Waals surface area (Å²) in [5.41, 5.74) is 1.77. The second kappa shape index (κ2) is 7.35. The van der Waals surface area contributed by atoms with E-state index in [1.165, 1.54) is 11.8 Å². The SMILES string of the molecule is Cc1nc(CSc2nnnn2Cc2ccco2)oc1-c1ccc(Cl)cc1. The minimum atomic E-state index is 0.475. The van der Waals surface area contributed by atoms with Crippen molar-refractivity contribution in [1.29, 1.82) is 0 Å². The van der Waals surface area contributed by atoms with Crippen molar-refractivity contribution < 1.29 is 8.83 Å². The number of aromatic nitrogens is 5. The molecular weight excluding hydrogens is 374 g/mol. The molecule has 26 heavy (non-hydrogen) atoms. The molecule has 0 radical (unpaired) electrons. The van der Waals surface area contributed by atoms with E-state index < -0.39 is 0 Å². The van der Waals surface area contributed by atoms with Crippen LogP contribution in [0.15, 0.2) is 56.7 Å². The number of benzene rings is 1. The lowest BCUT2D eigenvalue weighted by Crippen LogP contribution is -2.03. The Morgan fingerprint density at radius 1 is 1.19 bits per heavy atom. The number of rotatable bonds is 6. The first kappa shape index (κ1) is 16.9. The van der Waals surface area contributed by atoms with Crippen LogP contribution in [-0.4, -0.2) is 25.2 Å². The first-order chi connectivity index (χ1) is 12.7. The lowest BCUT2D eigenvalue weighted by molar-refractivity contribution is 0.462. The fraction of sp³-hybridized carbons (Fsp3) is 0.176. The Balaban J connectivity index is 1.47. The second-order valence-electron chi connectivity index (χ2n) is 5.52. The van der Waals surface area contributed by atoms with Crippen LogP contribution in [0.1, 0.15) is 17.3 Å². The normalized spacial score (nSPS) is 11.2. The molecule has 9 heteroatoms. The summed E-state index contributed by atoms with van der Waals surface area (Å²) in [4.78, 5) is 4.50. The zero-order valence-corrected chi connectivity index (χ0v) is 15.4. The average Bonchev–Trinajstić information content (AvgIpc) is 3.36. The minimum Gasteiger partial charge on any atom is -0.467 e. The Morgan fingerprint density at radius 3 is 2.81 bits per heavy atom. The van der Waals surface area contributed by atoms with Crippen molar-refractivity contribution in [3.63, 3.8) is 0 Å². The van der Waals surface area contributed by atoms with Crippen LogP contribution in [0.3, 0.4) is 0 Å². The van der Waals surface area contributed by atoms with Crippen LogP contribution < -0.4 is 0 Å². The van der Waals surface area contributed by atoms with Crippen molar-refractivity contribution in [2.75, 3.05) is 0 Å². The fourth-order valence-electron chi connectivity index (χ4n) is 2.46. The summed E-state index contributed by atoms with van der Waals surface area (Å²) in [5, 5.41) is 13.1. The summed E-state index contributed by atoms with van der Waals surface area (Å²) in [6.45, 7) is 2.39. The molecule has 0 fully saturated rings. The van der Waals surface area contributed by atoms with E-state index in [0.29, 0.717) is 28.4 Å². The molecule has 132 valence electrons. The highest BCUT2D eigenvalue weighted by Crippen LogP contribution is 2.28.